The molecular weight excluding hydrogens is 356 g/mol. The van der Waals surface area contributed by atoms with Gasteiger partial charge in [0.15, 0.2) is 12.5 Å². The maximum Gasteiger partial charge on any atom is 0.256 e. The summed E-state index contributed by atoms with van der Waals surface area (Å²) in [6, 6.07) is 14.7. The van der Waals surface area contributed by atoms with Gasteiger partial charge in [0.25, 0.3) is 11.8 Å². The summed E-state index contributed by atoms with van der Waals surface area (Å²) in [4.78, 5) is 29.5. The predicted octanol–water partition coefficient (Wildman–Crippen LogP) is 3.12. The lowest BCUT2D eigenvalue weighted by Crippen LogP contribution is -2.46. The van der Waals surface area contributed by atoms with Crippen LogP contribution in [0.3, 0.4) is 0 Å². The number of carbonyl (C=O) groups is 2. The van der Waals surface area contributed by atoms with E-state index in [1.54, 1.807) is 9.80 Å². The largest absolute Gasteiger partial charge is 0.352 e. The number of amides is 2. The van der Waals surface area contributed by atoms with Gasteiger partial charge >= 0.3 is 0 Å². The lowest BCUT2D eigenvalue weighted by molar-refractivity contribution is -0.131. The number of hydrogen-bond donors (Lipinski definition) is 0. The third-order valence-corrected chi connectivity index (χ3v) is 5.83. The number of hydrogen-bond acceptors (Lipinski definition) is 4. The molecule has 6 nitrogen and oxygen atoms in total. The summed E-state index contributed by atoms with van der Waals surface area (Å²) in [5.41, 5.74) is 3.10. The van der Waals surface area contributed by atoms with Gasteiger partial charge in [0.2, 0.25) is 0 Å². The third kappa shape index (κ3) is 2.41. The lowest BCUT2D eigenvalue weighted by atomic mass is 10.1. The number of rotatable bonds is 0. The van der Waals surface area contributed by atoms with Gasteiger partial charge in [0.05, 0.1) is 25.3 Å². The molecule has 3 aliphatic rings. The lowest BCUT2D eigenvalue weighted by Gasteiger charge is -2.38. The molecule has 0 bridgehead atoms. The molecule has 1 fully saturated rings. The molecule has 0 radical (unpaired) electrons. The zero-order valence-electron chi connectivity index (χ0n) is 15.9. The topological polar surface area (TPSA) is 59.1 Å². The van der Waals surface area contributed by atoms with Gasteiger partial charge in [-0.3, -0.25) is 9.59 Å². The first-order valence-electron chi connectivity index (χ1n) is 9.64. The maximum atomic E-state index is 13.0. The molecule has 3 aliphatic heterocycles. The van der Waals surface area contributed by atoms with Crippen molar-refractivity contribution in [2.45, 2.75) is 38.4 Å². The Bertz CT molecular complexity index is 882. The van der Waals surface area contributed by atoms with Gasteiger partial charge in [-0.25, -0.2) is 0 Å². The first-order valence-corrected chi connectivity index (χ1v) is 9.64. The average molecular weight is 378 g/mol. The minimum Gasteiger partial charge on any atom is -0.352 e. The molecule has 6 heteroatoms. The number of benzene rings is 2. The van der Waals surface area contributed by atoms with Gasteiger partial charge in [-0.05, 0) is 26.0 Å². The first-order chi connectivity index (χ1) is 13.6. The third-order valence-electron chi connectivity index (χ3n) is 5.83. The highest BCUT2D eigenvalue weighted by atomic mass is 16.5. The molecule has 3 heterocycles. The fourth-order valence-corrected chi connectivity index (χ4v) is 4.43. The van der Waals surface area contributed by atoms with Crippen LogP contribution in [0, 0.1) is 0 Å². The highest BCUT2D eigenvalue weighted by molar-refractivity contribution is 6.00. The highest BCUT2D eigenvalue weighted by Gasteiger charge is 2.45. The predicted molar refractivity (Wildman–Crippen MR) is 102 cm³/mol. The monoisotopic (exact) mass is 378 g/mol. The standard InChI is InChI=1S/C22H22N2O4/c1-13-11-27-22-18-10-6-4-8-16(18)20(26)24(22)14(2)12-28-21-17-9-5-3-7-15(17)19(25)23(13)21/h3-10,13-14,21-22H,11-12H2,1-2H3/t13-,14+,21+,22-. The summed E-state index contributed by atoms with van der Waals surface area (Å²) in [6.07, 6.45) is -0.914. The molecular formula is C22H22N2O4. The number of fused-ring (bicyclic) bond motifs is 6. The van der Waals surface area contributed by atoms with E-state index in [0.29, 0.717) is 24.3 Å². The van der Waals surface area contributed by atoms with Gasteiger partial charge in [-0.1, -0.05) is 36.4 Å². The first kappa shape index (κ1) is 17.4. The van der Waals surface area contributed by atoms with Crippen molar-refractivity contribution in [1.82, 2.24) is 9.80 Å². The molecule has 0 N–H and O–H groups in total. The summed E-state index contributed by atoms with van der Waals surface area (Å²) in [5.74, 6) is -0.0747. The van der Waals surface area contributed by atoms with E-state index < -0.39 is 12.5 Å². The highest BCUT2D eigenvalue weighted by Crippen LogP contribution is 2.40. The molecule has 5 rings (SSSR count). The van der Waals surface area contributed by atoms with Crippen molar-refractivity contribution in [2.75, 3.05) is 13.2 Å². The van der Waals surface area contributed by atoms with E-state index >= 15 is 0 Å². The fourth-order valence-electron chi connectivity index (χ4n) is 4.43. The van der Waals surface area contributed by atoms with Gasteiger partial charge in [0.1, 0.15) is 0 Å². The smallest absolute Gasteiger partial charge is 0.256 e. The van der Waals surface area contributed by atoms with Crippen LogP contribution in [-0.4, -0.2) is 46.9 Å². The maximum absolute atomic E-state index is 13.0. The summed E-state index contributed by atoms with van der Waals surface area (Å²) in [5, 5.41) is 0. The molecule has 0 aliphatic carbocycles. The zero-order chi connectivity index (χ0) is 19.4. The molecule has 0 spiro atoms. The van der Waals surface area contributed by atoms with Crippen molar-refractivity contribution in [3.8, 4) is 0 Å². The van der Waals surface area contributed by atoms with Crippen LogP contribution in [0.2, 0.25) is 0 Å². The van der Waals surface area contributed by atoms with Crippen LogP contribution in [0.1, 0.15) is 58.1 Å². The quantitative estimate of drug-likeness (QED) is 0.707. The Morgan fingerprint density at radius 1 is 0.714 bits per heavy atom. The molecule has 0 unspecified atom stereocenters. The Balaban J connectivity index is 1.51. The van der Waals surface area contributed by atoms with Gasteiger partial charge < -0.3 is 19.3 Å². The number of ether oxygens (including phenoxy) is 2. The SMILES string of the molecule is C[C@@H]1CO[C@@H]2c3ccccc3C(=O)N2[C@@H](C)CO[C@H]2c3ccccc3C(=O)N12. The van der Waals surface area contributed by atoms with E-state index in [2.05, 4.69) is 0 Å². The summed E-state index contributed by atoms with van der Waals surface area (Å²) < 4.78 is 12.5. The van der Waals surface area contributed by atoms with E-state index in [-0.39, 0.29) is 23.9 Å². The fraction of sp³-hybridized carbons (Fsp3) is 0.364. The summed E-state index contributed by atoms with van der Waals surface area (Å²) in [7, 11) is 0. The Hall–Kier alpha value is -2.70. The minimum absolute atomic E-state index is 0.0373. The second kappa shape index (κ2) is 6.43. The number of nitrogens with zero attached hydrogens (tertiary/aromatic N) is 2. The molecule has 28 heavy (non-hydrogen) atoms. The van der Waals surface area contributed by atoms with Crippen molar-refractivity contribution in [3.05, 3.63) is 70.8 Å². The molecule has 0 saturated carbocycles. The molecule has 0 aromatic heterocycles. The van der Waals surface area contributed by atoms with Crippen LogP contribution >= 0.6 is 0 Å². The van der Waals surface area contributed by atoms with Crippen LogP contribution in [0.5, 0.6) is 0 Å². The normalized spacial score (nSPS) is 29.2. The Labute approximate surface area is 163 Å². The van der Waals surface area contributed by atoms with E-state index in [1.165, 1.54) is 0 Å². The van der Waals surface area contributed by atoms with E-state index in [9.17, 15) is 9.59 Å². The van der Waals surface area contributed by atoms with Crippen molar-refractivity contribution in [2.24, 2.45) is 0 Å². The average Bonchev–Trinajstić information content (AvgIpc) is 3.16. The Kier molecular flexibility index (Phi) is 4.00. The van der Waals surface area contributed by atoms with Crippen LogP contribution in [0.25, 0.3) is 0 Å². The van der Waals surface area contributed by atoms with E-state index in [4.69, 9.17) is 9.47 Å². The Morgan fingerprint density at radius 2 is 1.11 bits per heavy atom. The second-order valence-corrected chi connectivity index (χ2v) is 7.67. The zero-order valence-corrected chi connectivity index (χ0v) is 15.9. The molecule has 2 aromatic carbocycles. The Morgan fingerprint density at radius 3 is 1.54 bits per heavy atom. The molecule has 144 valence electrons. The van der Waals surface area contributed by atoms with E-state index in [1.807, 2.05) is 62.4 Å². The van der Waals surface area contributed by atoms with Crippen LogP contribution in [-0.2, 0) is 9.47 Å². The van der Waals surface area contributed by atoms with Crippen molar-refractivity contribution >= 4 is 11.8 Å². The van der Waals surface area contributed by atoms with Crippen LogP contribution < -0.4 is 0 Å². The summed E-state index contributed by atoms with van der Waals surface area (Å²) >= 11 is 0. The molecule has 4 atom stereocenters. The molecule has 2 aromatic rings. The molecule has 1 saturated heterocycles. The summed E-state index contributed by atoms with van der Waals surface area (Å²) in [6.45, 7) is 4.54. The number of carbonyl (C=O) groups excluding carboxylic acids is 2. The van der Waals surface area contributed by atoms with E-state index in [0.717, 1.165) is 11.1 Å². The van der Waals surface area contributed by atoms with Crippen LogP contribution in [0.15, 0.2) is 48.5 Å². The van der Waals surface area contributed by atoms with Crippen molar-refractivity contribution in [1.29, 1.82) is 0 Å². The van der Waals surface area contributed by atoms with Gasteiger partial charge in [-0.15, -0.1) is 0 Å². The van der Waals surface area contributed by atoms with Crippen molar-refractivity contribution < 1.29 is 19.1 Å². The van der Waals surface area contributed by atoms with Crippen LogP contribution in [0.4, 0.5) is 0 Å². The van der Waals surface area contributed by atoms with Crippen molar-refractivity contribution in [3.63, 3.8) is 0 Å². The van der Waals surface area contributed by atoms with Gasteiger partial charge in [-0.2, -0.15) is 0 Å². The molecule has 2 amide bonds. The van der Waals surface area contributed by atoms with Gasteiger partial charge in [0, 0.05) is 22.3 Å². The second-order valence-electron chi connectivity index (χ2n) is 7.67. The minimum atomic E-state index is -0.457.